The summed E-state index contributed by atoms with van der Waals surface area (Å²) in [4.78, 5) is 71.0. The fourth-order valence-electron chi connectivity index (χ4n) is 16.3. The number of hydrogen-bond acceptors (Lipinski definition) is 12. The van der Waals surface area contributed by atoms with Crippen molar-refractivity contribution in [2.24, 2.45) is 25.9 Å². The predicted octanol–water partition coefficient (Wildman–Crippen LogP) is 18.6. The van der Waals surface area contributed by atoms with Gasteiger partial charge in [-0.25, -0.2) is 33.9 Å². The van der Waals surface area contributed by atoms with E-state index in [1.807, 2.05) is 89.5 Å². The fraction of sp³-hybridized carbons (Fsp3) is 0.402. The largest absolute Gasteiger partial charge is 0.493 e. The Kier molecular flexibility index (Phi) is 27.1. The molecule has 6 aromatic heterocycles. The highest BCUT2D eigenvalue weighted by Crippen LogP contribution is 2.39. The van der Waals surface area contributed by atoms with E-state index in [0.717, 1.165) is 141 Å². The minimum atomic E-state index is -0.943. The third-order valence-corrected chi connectivity index (χ3v) is 22.1. The Morgan fingerprint density at radius 3 is 1.52 bits per heavy atom. The van der Waals surface area contributed by atoms with Gasteiger partial charge in [0.25, 0.3) is 0 Å². The minimum Gasteiger partial charge on any atom is -0.493 e. The number of nitrogens with zero attached hydrogens (tertiary/aromatic N) is 9. The van der Waals surface area contributed by atoms with Crippen molar-refractivity contribution in [3.63, 3.8) is 0 Å². The van der Waals surface area contributed by atoms with E-state index in [9.17, 15) is 49.5 Å². The molecule has 6 aromatic carbocycles. The van der Waals surface area contributed by atoms with Gasteiger partial charge in [0, 0.05) is 98.2 Å². The summed E-state index contributed by atoms with van der Waals surface area (Å²) in [6, 6.07) is 44.8. The summed E-state index contributed by atoms with van der Waals surface area (Å²) in [6.07, 6.45) is 7.82. The van der Waals surface area contributed by atoms with E-state index in [1.165, 1.54) is 23.1 Å². The lowest BCUT2D eigenvalue weighted by Crippen LogP contribution is -2.19. The number of ether oxygens (including phenoxy) is 3. The van der Waals surface area contributed by atoms with Gasteiger partial charge in [0.2, 0.25) is 0 Å². The van der Waals surface area contributed by atoms with Crippen LogP contribution >= 0.6 is 0 Å². The fourth-order valence-corrected chi connectivity index (χ4v) is 16.3. The Bertz CT molecular complexity index is 5420. The van der Waals surface area contributed by atoms with Gasteiger partial charge in [-0.05, 0) is 183 Å². The molecule has 3 aliphatic rings. The maximum atomic E-state index is 11.8. The molecule has 0 amide bonds. The van der Waals surface area contributed by atoms with E-state index in [2.05, 4.69) is 139 Å². The molecule has 114 heavy (non-hydrogen) atoms. The van der Waals surface area contributed by atoms with E-state index >= 15 is 0 Å². The first-order chi connectivity index (χ1) is 54.4. The maximum Gasteiger partial charge on any atom is 0.352 e. The number of likely N-dealkylation sites (tertiary alicyclic amines) is 2. The second-order valence-corrected chi connectivity index (χ2v) is 32.3. The Labute approximate surface area is 667 Å². The number of carboxylic acids is 5. The highest BCUT2D eigenvalue weighted by Gasteiger charge is 2.29. The average Bonchev–Trinajstić information content (AvgIpc) is 1.68. The first kappa shape index (κ1) is 83.9. The summed E-state index contributed by atoms with van der Waals surface area (Å²) in [7, 11) is 7.84. The number of carbonyl (C=O) groups is 5. The van der Waals surface area contributed by atoms with E-state index < -0.39 is 29.8 Å². The summed E-state index contributed by atoms with van der Waals surface area (Å²) in [5.41, 5.74) is 14.5. The predicted molar refractivity (Wildman–Crippen MR) is 449 cm³/mol. The highest BCUT2D eigenvalue weighted by molar-refractivity contribution is 6.01. The number of aromatic carboxylic acids is 5. The van der Waals surface area contributed by atoms with Gasteiger partial charge in [0.05, 0.1) is 46.8 Å². The lowest BCUT2D eigenvalue weighted by Gasteiger charge is -2.18. The average molecular weight is 1550 g/mol. The molecular formula is C92H111N9O13. The molecule has 22 nitrogen and oxygen atoms in total. The molecule has 0 aliphatic carbocycles. The smallest absolute Gasteiger partial charge is 0.352 e. The van der Waals surface area contributed by atoms with Crippen molar-refractivity contribution in [1.82, 2.24) is 42.6 Å². The van der Waals surface area contributed by atoms with E-state index in [-0.39, 0.29) is 17.5 Å². The third kappa shape index (κ3) is 19.2. The molecule has 3 saturated heterocycles. The van der Waals surface area contributed by atoms with Crippen LogP contribution in [0.3, 0.4) is 0 Å². The van der Waals surface area contributed by atoms with Crippen molar-refractivity contribution in [1.29, 1.82) is 0 Å². The van der Waals surface area contributed by atoms with Gasteiger partial charge in [0.1, 0.15) is 52.4 Å². The molecule has 12 aromatic rings. The lowest BCUT2D eigenvalue weighted by molar-refractivity contribution is 0.0663. The van der Waals surface area contributed by atoms with Crippen LogP contribution in [0.25, 0.3) is 54.5 Å². The molecule has 15 rings (SSSR count). The van der Waals surface area contributed by atoms with E-state index in [1.54, 1.807) is 70.5 Å². The number of para-hydroxylation sites is 2. The molecule has 0 saturated carbocycles. The van der Waals surface area contributed by atoms with Crippen LogP contribution in [0.15, 0.2) is 152 Å². The van der Waals surface area contributed by atoms with Crippen LogP contribution in [0, 0.1) is 18.8 Å². The summed E-state index contributed by atoms with van der Waals surface area (Å²) < 4.78 is 27.0. The molecule has 0 radical (unpaired) electrons. The molecule has 0 bridgehead atoms. The van der Waals surface area contributed by atoms with Crippen LogP contribution in [0.1, 0.15) is 222 Å². The molecule has 602 valence electrons. The van der Waals surface area contributed by atoms with E-state index in [4.69, 9.17) is 14.2 Å². The molecule has 22 heteroatoms. The van der Waals surface area contributed by atoms with Gasteiger partial charge in [-0.3, -0.25) is 0 Å². The number of aryl methyl sites for hydroxylation is 3. The second-order valence-electron chi connectivity index (χ2n) is 32.3. The number of benzene rings is 6. The van der Waals surface area contributed by atoms with Crippen LogP contribution in [0.5, 0.6) is 11.5 Å². The Hall–Kier alpha value is -11.1. The quantitative estimate of drug-likeness (QED) is 0.0422. The molecule has 9 heterocycles. The first-order valence-electron chi connectivity index (χ1n) is 39.7. The van der Waals surface area contributed by atoms with Gasteiger partial charge in [-0.2, -0.15) is 0 Å². The Morgan fingerprint density at radius 2 is 0.982 bits per heavy atom. The van der Waals surface area contributed by atoms with Crippen molar-refractivity contribution in [2.75, 3.05) is 53.5 Å². The summed E-state index contributed by atoms with van der Waals surface area (Å²) in [6.45, 7) is 31.4. The maximum absolute atomic E-state index is 11.8. The highest BCUT2D eigenvalue weighted by atomic mass is 16.5. The second kappa shape index (κ2) is 36.8. The van der Waals surface area contributed by atoms with Gasteiger partial charge in [-0.15, -0.1) is 0 Å². The summed E-state index contributed by atoms with van der Waals surface area (Å²) in [5.74, 6) is 0.373. The van der Waals surface area contributed by atoms with Crippen LogP contribution in [-0.4, -0.2) is 158 Å². The number of carboxylic acid groups (broad SMARTS) is 5. The first-order valence-corrected chi connectivity index (χ1v) is 39.7. The van der Waals surface area contributed by atoms with Crippen LogP contribution < -0.4 is 9.47 Å². The zero-order valence-electron chi connectivity index (χ0n) is 68.5. The number of fused-ring (bicyclic) bond motifs is 5. The zero-order valence-corrected chi connectivity index (χ0v) is 68.5. The molecule has 3 unspecified atom stereocenters. The molecule has 0 spiro atoms. The van der Waals surface area contributed by atoms with Gasteiger partial charge in [0.15, 0.2) is 0 Å². The van der Waals surface area contributed by atoms with Crippen molar-refractivity contribution in [2.45, 2.75) is 164 Å². The molecule has 3 fully saturated rings. The third-order valence-electron chi connectivity index (χ3n) is 22.1. The van der Waals surface area contributed by atoms with Crippen LogP contribution in [0.2, 0.25) is 0 Å². The van der Waals surface area contributed by atoms with E-state index in [0.29, 0.717) is 96.4 Å². The van der Waals surface area contributed by atoms with Gasteiger partial charge in [-0.1, -0.05) is 154 Å². The monoisotopic (exact) mass is 1550 g/mol. The van der Waals surface area contributed by atoms with Gasteiger partial charge >= 0.3 is 29.8 Å². The molecule has 3 atom stereocenters. The normalized spacial score (nSPS) is 15.7. The number of aromatic nitrogens is 7. The summed E-state index contributed by atoms with van der Waals surface area (Å²) in [5, 5.41) is 52.4. The SMILES string of the molecule is CC(C)c1cc(OCC2CCN(C)C2)cc2c1cc(C(=O)O)n2C.CC(C)c1ccc(OCc2ccccc2)c2c1cc(C(=O)O)n2C.CC(C)c1cccc2cc(C(=O)O)n(CC3CCCO3)c12.CC(C)c1cccc2cc(C(=O)O)n(Cc3ncccn3)c12.Cc1cc(C(C)C)c2c(c1)cc(C(=O)O)n2CC1CCN(C)C1. The number of rotatable bonds is 22. The minimum absolute atomic E-state index is 0.124. The summed E-state index contributed by atoms with van der Waals surface area (Å²) >= 11 is 0. The van der Waals surface area contributed by atoms with Crippen LogP contribution in [0.4, 0.5) is 0 Å². The number of hydrogen-bond donors (Lipinski definition) is 5. The van der Waals surface area contributed by atoms with Crippen molar-refractivity contribution in [3.8, 4) is 11.5 Å². The molecule has 3 aliphatic heterocycles. The van der Waals surface area contributed by atoms with Gasteiger partial charge < -0.3 is 72.4 Å². The standard InChI is InChI=1S/C20H21NO3.C19H26N2O3.C19H26N2O2.C17H17N3O2.C17H21NO3/c1-13(2)15-9-10-18(24-12-14-7-5-4-6-8-14)19-16(15)11-17(20(22)23)21(19)3;1-12(2)15-7-14(24-11-13-5-6-20(3)10-13)8-17-16(15)9-18(19(22)23)21(17)4;1-12(2)16-8-13(3)7-15-9-17(19(22)23)21(18(15)16)11-14-5-6-20(4)10-14;1-11(2)13-6-3-5-12-9-14(17(21)22)20(16(12)13)10-15-18-7-4-8-19-15;1-11(2)14-7-3-5-12-9-15(17(19)20)18(16(12)14)10-13-6-4-8-21-13/h4-11,13H,12H2,1-3H3,(H,22,23);7-9,12-13H,5-6,10-11H2,1-4H3,(H,22,23);7-9,12,14H,5-6,10-11H2,1-4H3,(H,22,23);3-9,11H,10H2,1-2H3,(H,21,22);3,5,7,9,11,13H,4,6,8,10H2,1-2H3,(H,19,20). The van der Waals surface area contributed by atoms with Crippen molar-refractivity contribution < 1.29 is 63.7 Å². The van der Waals surface area contributed by atoms with Crippen molar-refractivity contribution in [3.05, 3.63) is 225 Å². The zero-order chi connectivity index (χ0) is 82.1. The Morgan fingerprint density at radius 1 is 0.465 bits per heavy atom. The molecule has 5 N–H and O–H groups in total. The lowest BCUT2D eigenvalue weighted by atomic mass is 9.98. The van der Waals surface area contributed by atoms with Crippen LogP contribution in [-0.2, 0) is 45.1 Å². The topological polar surface area (TPSA) is 271 Å². The Balaban J connectivity index is 0.000000141. The molecular weight excluding hydrogens is 1440 g/mol. The van der Waals surface area contributed by atoms with Crippen molar-refractivity contribution >= 4 is 84.4 Å².